The first-order valence-electron chi connectivity index (χ1n) is 8.10. The van der Waals surface area contributed by atoms with Crippen molar-refractivity contribution in [2.75, 3.05) is 7.11 Å². The van der Waals surface area contributed by atoms with Gasteiger partial charge in [0.05, 0.1) is 24.1 Å². The first-order chi connectivity index (χ1) is 12.5. The average molecular weight is 372 g/mol. The second-order valence-corrected chi connectivity index (χ2v) is 6.32. The summed E-state index contributed by atoms with van der Waals surface area (Å²) in [7, 11) is 1.49. The molecule has 0 radical (unpaired) electrons. The Kier molecular flexibility index (Phi) is 5.28. The van der Waals surface area contributed by atoms with Gasteiger partial charge in [-0.15, -0.1) is 0 Å². The molecule has 0 saturated carbocycles. The minimum atomic E-state index is -0.533. The van der Waals surface area contributed by atoms with E-state index in [0.29, 0.717) is 39.4 Å². The van der Waals surface area contributed by atoms with Crippen LogP contribution in [0.1, 0.15) is 16.7 Å². The molecule has 3 rings (SSSR count). The highest BCUT2D eigenvalue weighted by atomic mass is 35.5. The topological polar surface area (TPSA) is 68.5 Å². The standard InChI is InChI=1S/C20H18ClNO4/c1-12-14-8-16(21)18(25-2)10-17(14)26-20(24)15(12)9-19(23)22-11-13-6-4-3-5-7-13/h3-8,10H,9,11H2,1-2H3,(H,22,23). The number of hydrogen-bond donors (Lipinski definition) is 1. The second kappa shape index (κ2) is 7.62. The van der Waals surface area contributed by atoms with Crippen LogP contribution < -0.4 is 15.7 Å². The van der Waals surface area contributed by atoms with E-state index in [-0.39, 0.29) is 12.3 Å². The van der Waals surface area contributed by atoms with Crippen molar-refractivity contribution in [2.45, 2.75) is 19.9 Å². The molecular formula is C20H18ClNO4. The molecule has 134 valence electrons. The van der Waals surface area contributed by atoms with Crippen molar-refractivity contribution in [1.82, 2.24) is 5.32 Å². The van der Waals surface area contributed by atoms with Gasteiger partial charge in [0.1, 0.15) is 11.3 Å². The first-order valence-corrected chi connectivity index (χ1v) is 8.48. The van der Waals surface area contributed by atoms with Crippen LogP contribution in [0.15, 0.2) is 51.7 Å². The Labute approximate surface area is 155 Å². The van der Waals surface area contributed by atoms with Gasteiger partial charge in [-0.3, -0.25) is 4.79 Å². The number of halogens is 1. The smallest absolute Gasteiger partial charge is 0.340 e. The van der Waals surface area contributed by atoms with Gasteiger partial charge in [-0.25, -0.2) is 4.79 Å². The molecule has 6 heteroatoms. The van der Waals surface area contributed by atoms with E-state index in [1.807, 2.05) is 30.3 Å². The molecule has 0 aliphatic heterocycles. The van der Waals surface area contributed by atoms with E-state index in [1.165, 1.54) is 7.11 Å². The quantitative estimate of drug-likeness (QED) is 0.695. The monoisotopic (exact) mass is 371 g/mol. The number of carbonyl (C=O) groups excluding carboxylic acids is 1. The van der Waals surface area contributed by atoms with Crippen LogP contribution in [0, 0.1) is 6.92 Å². The number of methoxy groups -OCH3 is 1. The molecule has 1 aromatic heterocycles. The Morgan fingerprint density at radius 1 is 1.23 bits per heavy atom. The molecule has 5 nitrogen and oxygen atoms in total. The zero-order valence-corrected chi connectivity index (χ0v) is 15.2. The lowest BCUT2D eigenvalue weighted by Gasteiger charge is -2.10. The molecule has 1 N–H and O–H groups in total. The zero-order valence-electron chi connectivity index (χ0n) is 14.5. The van der Waals surface area contributed by atoms with Crippen LogP contribution >= 0.6 is 11.6 Å². The lowest BCUT2D eigenvalue weighted by molar-refractivity contribution is -0.120. The van der Waals surface area contributed by atoms with E-state index in [1.54, 1.807) is 19.1 Å². The van der Waals surface area contributed by atoms with Crippen LogP contribution in [0.25, 0.3) is 11.0 Å². The Hall–Kier alpha value is -2.79. The summed E-state index contributed by atoms with van der Waals surface area (Å²) in [5.74, 6) is 0.179. The molecule has 1 amide bonds. The summed E-state index contributed by atoms with van der Waals surface area (Å²) in [5, 5.41) is 3.91. The van der Waals surface area contributed by atoms with Crippen LogP contribution in [-0.2, 0) is 17.8 Å². The number of nitrogens with one attached hydrogen (secondary N) is 1. The molecule has 0 atom stereocenters. The number of hydrogen-bond acceptors (Lipinski definition) is 4. The molecule has 0 saturated heterocycles. The molecular weight excluding hydrogens is 354 g/mol. The van der Waals surface area contributed by atoms with Gasteiger partial charge < -0.3 is 14.5 Å². The summed E-state index contributed by atoms with van der Waals surface area (Å²) >= 11 is 6.17. The largest absolute Gasteiger partial charge is 0.495 e. The number of amides is 1. The Balaban J connectivity index is 1.85. The summed E-state index contributed by atoms with van der Waals surface area (Å²) in [6, 6.07) is 12.8. The van der Waals surface area contributed by atoms with Crippen molar-refractivity contribution < 1.29 is 13.9 Å². The van der Waals surface area contributed by atoms with Crippen LogP contribution in [0.4, 0.5) is 0 Å². The van der Waals surface area contributed by atoms with Crippen molar-refractivity contribution in [1.29, 1.82) is 0 Å². The van der Waals surface area contributed by atoms with Gasteiger partial charge in [0, 0.05) is 18.0 Å². The summed E-state index contributed by atoms with van der Waals surface area (Å²) in [6.07, 6.45) is -0.0550. The van der Waals surface area contributed by atoms with Gasteiger partial charge >= 0.3 is 5.63 Å². The average Bonchev–Trinajstić information content (AvgIpc) is 2.64. The third-order valence-electron chi connectivity index (χ3n) is 4.23. The van der Waals surface area contributed by atoms with E-state index in [2.05, 4.69) is 5.32 Å². The Morgan fingerprint density at radius 2 is 1.96 bits per heavy atom. The zero-order chi connectivity index (χ0) is 18.7. The number of aryl methyl sites for hydroxylation is 1. The number of rotatable bonds is 5. The van der Waals surface area contributed by atoms with Gasteiger partial charge in [0.25, 0.3) is 0 Å². The minimum absolute atomic E-state index is 0.0550. The number of ether oxygens (including phenoxy) is 1. The summed E-state index contributed by atoms with van der Waals surface area (Å²) in [5.41, 5.74) is 1.83. The third kappa shape index (κ3) is 3.73. The summed E-state index contributed by atoms with van der Waals surface area (Å²) < 4.78 is 10.5. The van der Waals surface area contributed by atoms with Crippen LogP contribution in [0.5, 0.6) is 5.75 Å². The maximum atomic E-state index is 12.3. The highest BCUT2D eigenvalue weighted by Gasteiger charge is 2.16. The molecule has 0 fully saturated rings. The molecule has 0 unspecified atom stereocenters. The molecule has 1 heterocycles. The number of benzene rings is 2. The second-order valence-electron chi connectivity index (χ2n) is 5.92. The highest BCUT2D eigenvalue weighted by molar-refractivity contribution is 6.32. The lowest BCUT2D eigenvalue weighted by Crippen LogP contribution is -2.27. The van der Waals surface area contributed by atoms with E-state index >= 15 is 0 Å². The lowest BCUT2D eigenvalue weighted by atomic mass is 10.0. The van der Waals surface area contributed by atoms with E-state index in [0.717, 1.165) is 5.56 Å². The van der Waals surface area contributed by atoms with Crippen molar-refractivity contribution in [3.8, 4) is 5.75 Å². The van der Waals surface area contributed by atoms with E-state index in [9.17, 15) is 9.59 Å². The molecule has 2 aromatic carbocycles. The number of carbonyl (C=O) groups is 1. The van der Waals surface area contributed by atoms with Gasteiger partial charge in [0.15, 0.2) is 0 Å². The minimum Gasteiger partial charge on any atom is -0.495 e. The fraction of sp³-hybridized carbons (Fsp3) is 0.200. The van der Waals surface area contributed by atoms with Crippen molar-refractivity contribution in [3.63, 3.8) is 0 Å². The van der Waals surface area contributed by atoms with Gasteiger partial charge in [-0.1, -0.05) is 41.9 Å². The molecule has 0 aliphatic carbocycles. The Morgan fingerprint density at radius 3 is 2.65 bits per heavy atom. The fourth-order valence-electron chi connectivity index (χ4n) is 2.77. The van der Waals surface area contributed by atoms with E-state index in [4.69, 9.17) is 20.8 Å². The van der Waals surface area contributed by atoms with Gasteiger partial charge in [-0.2, -0.15) is 0 Å². The number of fused-ring (bicyclic) bond motifs is 1. The normalized spacial score (nSPS) is 10.7. The van der Waals surface area contributed by atoms with Crippen LogP contribution in [-0.4, -0.2) is 13.0 Å². The van der Waals surface area contributed by atoms with Crippen LogP contribution in [0.3, 0.4) is 0 Å². The van der Waals surface area contributed by atoms with Crippen molar-refractivity contribution in [3.05, 3.63) is 74.6 Å². The molecule has 26 heavy (non-hydrogen) atoms. The van der Waals surface area contributed by atoms with E-state index < -0.39 is 5.63 Å². The molecule has 3 aromatic rings. The third-order valence-corrected chi connectivity index (χ3v) is 4.52. The Bertz CT molecular complexity index is 1010. The first kappa shape index (κ1) is 18.0. The summed E-state index contributed by atoms with van der Waals surface area (Å²) in [4.78, 5) is 24.6. The predicted molar refractivity (Wildman–Crippen MR) is 101 cm³/mol. The highest BCUT2D eigenvalue weighted by Crippen LogP contribution is 2.31. The van der Waals surface area contributed by atoms with Crippen LogP contribution in [0.2, 0.25) is 5.02 Å². The SMILES string of the molecule is COc1cc2oc(=O)c(CC(=O)NCc3ccccc3)c(C)c2cc1Cl. The summed E-state index contributed by atoms with van der Waals surface area (Å²) in [6.45, 7) is 2.18. The molecule has 0 aliphatic rings. The maximum absolute atomic E-state index is 12.3. The predicted octanol–water partition coefficient (Wildman–Crippen LogP) is 3.62. The van der Waals surface area contributed by atoms with Crippen molar-refractivity contribution in [2.24, 2.45) is 0 Å². The van der Waals surface area contributed by atoms with Gasteiger partial charge in [0.2, 0.25) is 5.91 Å². The van der Waals surface area contributed by atoms with Crippen molar-refractivity contribution >= 4 is 28.5 Å². The molecule has 0 bridgehead atoms. The van der Waals surface area contributed by atoms with Gasteiger partial charge in [-0.05, 0) is 24.1 Å². The fourth-order valence-corrected chi connectivity index (χ4v) is 3.01. The maximum Gasteiger partial charge on any atom is 0.340 e. The molecule has 0 spiro atoms.